The minimum absolute atomic E-state index is 0.0790. The van der Waals surface area contributed by atoms with E-state index in [1.165, 1.54) is 0 Å². The van der Waals surface area contributed by atoms with Crippen molar-refractivity contribution < 1.29 is 9.53 Å². The minimum Gasteiger partial charge on any atom is -0.480 e. The molecule has 0 aliphatic carbocycles. The summed E-state index contributed by atoms with van der Waals surface area (Å²) in [7, 11) is 0. The van der Waals surface area contributed by atoms with Crippen LogP contribution in [0.5, 0.6) is 5.75 Å². The normalized spacial score (nSPS) is 13.0. The summed E-state index contributed by atoms with van der Waals surface area (Å²) >= 11 is 0. The SMILES string of the molecule is CC(Cn1cccn1)NC(=O)C(C)Oc1ccccc1C#N. The second-order valence-corrected chi connectivity index (χ2v) is 5.01. The van der Waals surface area contributed by atoms with E-state index >= 15 is 0 Å². The molecule has 2 unspecified atom stereocenters. The molecule has 6 heteroatoms. The smallest absolute Gasteiger partial charge is 0.261 e. The van der Waals surface area contributed by atoms with E-state index in [-0.39, 0.29) is 11.9 Å². The van der Waals surface area contributed by atoms with E-state index in [1.807, 2.05) is 25.3 Å². The number of benzene rings is 1. The van der Waals surface area contributed by atoms with Crippen LogP contribution in [-0.4, -0.2) is 27.8 Å². The van der Waals surface area contributed by atoms with Gasteiger partial charge in [-0.05, 0) is 32.0 Å². The number of para-hydroxylation sites is 1. The van der Waals surface area contributed by atoms with Gasteiger partial charge in [0.15, 0.2) is 6.10 Å². The summed E-state index contributed by atoms with van der Waals surface area (Å²) in [6, 6.07) is 10.6. The molecule has 0 bridgehead atoms. The van der Waals surface area contributed by atoms with Crippen LogP contribution in [0.2, 0.25) is 0 Å². The van der Waals surface area contributed by atoms with Gasteiger partial charge in [0.25, 0.3) is 5.91 Å². The van der Waals surface area contributed by atoms with Gasteiger partial charge in [0.2, 0.25) is 0 Å². The average Bonchev–Trinajstić information content (AvgIpc) is 3.00. The Balaban J connectivity index is 1.90. The summed E-state index contributed by atoms with van der Waals surface area (Å²) < 4.78 is 7.33. The van der Waals surface area contributed by atoms with Crippen molar-refractivity contribution in [3.8, 4) is 11.8 Å². The van der Waals surface area contributed by atoms with Crippen LogP contribution < -0.4 is 10.1 Å². The van der Waals surface area contributed by atoms with E-state index in [2.05, 4.69) is 10.4 Å². The summed E-state index contributed by atoms with van der Waals surface area (Å²) in [5.74, 6) is 0.180. The molecule has 0 saturated heterocycles. The van der Waals surface area contributed by atoms with Crippen molar-refractivity contribution in [1.82, 2.24) is 15.1 Å². The zero-order chi connectivity index (χ0) is 15.9. The quantitative estimate of drug-likeness (QED) is 0.880. The molecule has 0 aliphatic heterocycles. The van der Waals surface area contributed by atoms with Crippen molar-refractivity contribution in [1.29, 1.82) is 5.26 Å². The van der Waals surface area contributed by atoms with Crippen molar-refractivity contribution >= 4 is 5.91 Å². The molecule has 114 valence electrons. The van der Waals surface area contributed by atoms with Gasteiger partial charge < -0.3 is 10.1 Å². The fraction of sp³-hybridized carbons (Fsp3) is 0.312. The molecule has 2 aromatic rings. The van der Waals surface area contributed by atoms with Crippen LogP contribution in [0.3, 0.4) is 0 Å². The first-order valence-corrected chi connectivity index (χ1v) is 7.03. The highest BCUT2D eigenvalue weighted by Crippen LogP contribution is 2.18. The van der Waals surface area contributed by atoms with Gasteiger partial charge in [-0.3, -0.25) is 9.48 Å². The van der Waals surface area contributed by atoms with Gasteiger partial charge >= 0.3 is 0 Å². The largest absolute Gasteiger partial charge is 0.480 e. The topological polar surface area (TPSA) is 79.9 Å². The lowest BCUT2D eigenvalue weighted by Crippen LogP contribution is -2.43. The Morgan fingerprint density at radius 2 is 2.18 bits per heavy atom. The third-order valence-electron chi connectivity index (χ3n) is 3.09. The molecule has 1 heterocycles. The van der Waals surface area contributed by atoms with Crippen molar-refractivity contribution in [2.45, 2.75) is 32.5 Å². The summed E-state index contributed by atoms with van der Waals surface area (Å²) in [4.78, 5) is 12.1. The summed E-state index contributed by atoms with van der Waals surface area (Å²) in [6.07, 6.45) is 2.85. The van der Waals surface area contributed by atoms with E-state index in [1.54, 1.807) is 42.1 Å². The Morgan fingerprint density at radius 1 is 1.41 bits per heavy atom. The van der Waals surface area contributed by atoms with Crippen LogP contribution in [-0.2, 0) is 11.3 Å². The first-order chi connectivity index (χ1) is 10.6. The van der Waals surface area contributed by atoms with Crippen LogP contribution in [0, 0.1) is 11.3 Å². The number of amides is 1. The van der Waals surface area contributed by atoms with E-state index < -0.39 is 6.10 Å². The summed E-state index contributed by atoms with van der Waals surface area (Å²) in [5.41, 5.74) is 0.409. The molecule has 22 heavy (non-hydrogen) atoms. The number of carbonyl (C=O) groups excluding carboxylic acids is 1. The maximum absolute atomic E-state index is 12.1. The molecule has 1 aromatic carbocycles. The molecule has 0 saturated carbocycles. The fourth-order valence-corrected chi connectivity index (χ4v) is 2.00. The fourth-order valence-electron chi connectivity index (χ4n) is 2.00. The number of ether oxygens (including phenoxy) is 1. The number of nitrogens with one attached hydrogen (secondary N) is 1. The van der Waals surface area contributed by atoms with Crippen molar-refractivity contribution in [3.05, 3.63) is 48.3 Å². The van der Waals surface area contributed by atoms with Gasteiger partial charge in [-0.15, -0.1) is 0 Å². The zero-order valence-corrected chi connectivity index (χ0v) is 12.6. The van der Waals surface area contributed by atoms with E-state index in [0.717, 1.165) is 0 Å². The molecular formula is C16H18N4O2. The first kappa shape index (κ1) is 15.6. The van der Waals surface area contributed by atoms with Crippen LogP contribution in [0.25, 0.3) is 0 Å². The second kappa shape index (κ2) is 7.27. The molecule has 6 nitrogen and oxygen atoms in total. The lowest BCUT2D eigenvalue weighted by atomic mass is 10.2. The van der Waals surface area contributed by atoms with E-state index in [0.29, 0.717) is 17.9 Å². The average molecular weight is 298 g/mol. The van der Waals surface area contributed by atoms with Gasteiger partial charge in [-0.25, -0.2) is 0 Å². The Bertz CT molecular complexity index is 661. The molecule has 0 radical (unpaired) electrons. The number of hydrogen-bond donors (Lipinski definition) is 1. The van der Waals surface area contributed by atoms with Crippen LogP contribution in [0.4, 0.5) is 0 Å². The molecule has 1 N–H and O–H groups in total. The van der Waals surface area contributed by atoms with Gasteiger partial charge in [-0.2, -0.15) is 10.4 Å². The lowest BCUT2D eigenvalue weighted by molar-refractivity contribution is -0.128. The van der Waals surface area contributed by atoms with Crippen LogP contribution in [0.1, 0.15) is 19.4 Å². The van der Waals surface area contributed by atoms with Gasteiger partial charge in [-0.1, -0.05) is 12.1 Å². The predicted molar refractivity (Wildman–Crippen MR) is 81.1 cm³/mol. The highest BCUT2D eigenvalue weighted by atomic mass is 16.5. The minimum atomic E-state index is -0.686. The van der Waals surface area contributed by atoms with E-state index in [9.17, 15) is 4.79 Å². The van der Waals surface area contributed by atoms with Crippen molar-refractivity contribution in [3.63, 3.8) is 0 Å². The number of nitrogens with zero attached hydrogens (tertiary/aromatic N) is 3. The number of carbonyl (C=O) groups is 1. The molecule has 2 atom stereocenters. The maximum atomic E-state index is 12.1. The Hall–Kier alpha value is -2.81. The second-order valence-electron chi connectivity index (χ2n) is 5.01. The Kier molecular flexibility index (Phi) is 5.15. The standard InChI is InChI=1S/C16H18N4O2/c1-12(11-20-9-5-8-18-20)19-16(21)13(2)22-15-7-4-3-6-14(15)10-17/h3-9,12-13H,11H2,1-2H3,(H,19,21). The lowest BCUT2D eigenvalue weighted by Gasteiger charge is -2.19. The molecule has 0 aliphatic rings. The van der Waals surface area contributed by atoms with Gasteiger partial charge in [0.05, 0.1) is 12.1 Å². The Morgan fingerprint density at radius 3 is 2.86 bits per heavy atom. The Labute approximate surface area is 129 Å². The van der Waals surface area contributed by atoms with Crippen molar-refractivity contribution in [2.24, 2.45) is 0 Å². The van der Waals surface area contributed by atoms with Crippen LogP contribution in [0.15, 0.2) is 42.7 Å². The zero-order valence-electron chi connectivity index (χ0n) is 12.6. The first-order valence-electron chi connectivity index (χ1n) is 7.03. The third kappa shape index (κ3) is 4.09. The predicted octanol–water partition coefficient (Wildman–Crippen LogP) is 1.73. The van der Waals surface area contributed by atoms with E-state index in [4.69, 9.17) is 10.00 Å². The summed E-state index contributed by atoms with van der Waals surface area (Å²) in [5, 5.41) is 16.0. The number of rotatable bonds is 6. The highest BCUT2D eigenvalue weighted by Gasteiger charge is 2.18. The number of aromatic nitrogens is 2. The third-order valence-corrected chi connectivity index (χ3v) is 3.09. The number of hydrogen-bond acceptors (Lipinski definition) is 4. The number of nitriles is 1. The van der Waals surface area contributed by atoms with Crippen molar-refractivity contribution in [2.75, 3.05) is 0 Å². The van der Waals surface area contributed by atoms with Crippen LogP contribution >= 0.6 is 0 Å². The molecule has 2 rings (SSSR count). The molecule has 0 spiro atoms. The highest BCUT2D eigenvalue weighted by molar-refractivity contribution is 5.81. The monoisotopic (exact) mass is 298 g/mol. The van der Waals surface area contributed by atoms with Gasteiger partial charge in [0.1, 0.15) is 11.8 Å². The molecule has 1 aromatic heterocycles. The molecule has 1 amide bonds. The molecule has 0 fully saturated rings. The van der Waals surface area contributed by atoms with Gasteiger partial charge in [0, 0.05) is 18.4 Å². The summed E-state index contributed by atoms with van der Waals surface area (Å²) in [6.45, 7) is 4.14. The molecular weight excluding hydrogens is 280 g/mol. The maximum Gasteiger partial charge on any atom is 0.261 e.